The highest BCUT2D eigenvalue weighted by atomic mass is 16.2. The SMILES string of the molecule is CN1C(=O)CC(NCc2ccc(C(N)=O)cc2)C1=O. The van der Waals surface area contributed by atoms with Gasteiger partial charge in [-0.3, -0.25) is 19.3 Å². The summed E-state index contributed by atoms with van der Waals surface area (Å²) in [5, 5.41) is 3.03. The second-order valence-electron chi connectivity index (χ2n) is 4.49. The summed E-state index contributed by atoms with van der Waals surface area (Å²) in [5.74, 6) is -0.858. The molecule has 1 saturated heterocycles. The number of amides is 3. The molecule has 1 unspecified atom stereocenters. The molecule has 1 atom stereocenters. The lowest BCUT2D eigenvalue weighted by Crippen LogP contribution is -2.36. The van der Waals surface area contributed by atoms with E-state index < -0.39 is 11.9 Å². The van der Waals surface area contributed by atoms with Crippen molar-refractivity contribution in [2.75, 3.05) is 7.05 Å². The Labute approximate surface area is 110 Å². The van der Waals surface area contributed by atoms with Gasteiger partial charge in [0, 0.05) is 19.2 Å². The molecular weight excluding hydrogens is 246 g/mol. The van der Waals surface area contributed by atoms with Crippen LogP contribution in [-0.4, -0.2) is 35.7 Å². The van der Waals surface area contributed by atoms with Crippen molar-refractivity contribution in [3.8, 4) is 0 Å². The first-order chi connectivity index (χ1) is 8.99. The van der Waals surface area contributed by atoms with Crippen molar-refractivity contribution >= 4 is 17.7 Å². The number of rotatable bonds is 4. The number of nitrogens with one attached hydrogen (secondary N) is 1. The molecule has 2 rings (SSSR count). The van der Waals surface area contributed by atoms with Gasteiger partial charge >= 0.3 is 0 Å². The number of nitrogens with two attached hydrogens (primary N) is 1. The van der Waals surface area contributed by atoms with Crippen LogP contribution in [0.25, 0.3) is 0 Å². The lowest BCUT2D eigenvalue weighted by molar-refractivity contribution is -0.137. The van der Waals surface area contributed by atoms with Crippen LogP contribution in [0.2, 0.25) is 0 Å². The molecule has 1 heterocycles. The number of likely N-dealkylation sites (N-methyl/N-ethyl adjacent to an activating group) is 1. The average Bonchev–Trinajstić information content (AvgIpc) is 2.64. The molecule has 19 heavy (non-hydrogen) atoms. The molecule has 3 N–H and O–H groups in total. The van der Waals surface area contributed by atoms with E-state index in [9.17, 15) is 14.4 Å². The van der Waals surface area contributed by atoms with Crippen LogP contribution in [0, 0.1) is 0 Å². The number of carbonyl (C=O) groups is 3. The van der Waals surface area contributed by atoms with E-state index in [1.807, 2.05) is 0 Å². The molecule has 6 nitrogen and oxygen atoms in total. The standard InChI is InChI=1S/C13H15N3O3/c1-16-11(17)6-10(13(16)19)15-7-8-2-4-9(5-3-8)12(14)18/h2-5,10,15H,6-7H2,1H3,(H2,14,18). The van der Waals surface area contributed by atoms with Crippen LogP contribution < -0.4 is 11.1 Å². The van der Waals surface area contributed by atoms with E-state index in [4.69, 9.17) is 5.73 Å². The van der Waals surface area contributed by atoms with Crippen molar-refractivity contribution in [1.82, 2.24) is 10.2 Å². The van der Waals surface area contributed by atoms with Gasteiger partial charge in [0.1, 0.15) is 0 Å². The minimum atomic E-state index is -0.474. The molecule has 100 valence electrons. The third kappa shape index (κ3) is 2.79. The number of likely N-dealkylation sites (tertiary alicyclic amines) is 1. The van der Waals surface area contributed by atoms with Crippen LogP contribution >= 0.6 is 0 Å². The minimum Gasteiger partial charge on any atom is -0.366 e. The minimum absolute atomic E-state index is 0.174. The zero-order valence-corrected chi connectivity index (χ0v) is 10.6. The van der Waals surface area contributed by atoms with Gasteiger partial charge in [0.25, 0.3) is 0 Å². The highest BCUT2D eigenvalue weighted by Gasteiger charge is 2.35. The number of hydrogen-bond acceptors (Lipinski definition) is 4. The third-order valence-electron chi connectivity index (χ3n) is 3.17. The molecule has 1 aliphatic heterocycles. The van der Waals surface area contributed by atoms with E-state index in [2.05, 4.69) is 5.32 Å². The molecule has 6 heteroatoms. The summed E-state index contributed by atoms with van der Waals surface area (Å²) in [7, 11) is 1.48. The van der Waals surface area contributed by atoms with Crippen molar-refractivity contribution in [2.45, 2.75) is 19.0 Å². The van der Waals surface area contributed by atoms with E-state index >= 15 is 0 Å². The van der Waals surface area contributed by atoms with Crippen LogP contribution in [0.4, 0.5) is 0 Å². The molecule has 1 fully saturated rings. The van der Waals surface area contributed by atoms with Gasteiger partial charge in [0.15, 0.2) is 0 Å². The Balaban J connectivity index is 1.94. The number of nitrogens with zero attached hydrogens (tertiary/aromatic N) is 1. The summed E-state index contributed by atoms with van der Waals surface area (Å²) in [6.07, 6.45) is 0.189. The number of hydrogen-bond donors (Lipinski definition) is 2. The lowest BCUT2D eigenvalue weighted by Gasteiger charge is -2.11. The van der Waals surface area contributed by atoms with Gasteiger partial charge in [0.2, 0.25) is 17.7 Å². The van der Waals surface area contributed by atoms with Gasteiger partial charge in [-0.15, -0.1) is 0 Å². The predicted molar refractivity (Wildman–Crippen MR) is 68.0 cm³/mol. The Morgan fingerprint density at radius 1 is 1.37 bits per heavy atom. The van der Waals surface area contributed by atoms with Crippen LogP contribution in [0.1, 0.15) is 22.3 Å². The van der Waals surface area contributed by atoms with Gasteiger partial charge in [0.05, 0.1) is 12.5 Å². The zero-order valence-electron chi connectivity index (χ0n) is 10.6. The maximum Gasteiger partial charge on any atom is 0.248 e. The summed E-state index contributed by atoms with van der Waals surface area (Å²) in [4.78, 5) is 35.0. The molecule has 3 amide bonds. The van der Waals surface area contributed by atoms with Gasteiger partial charge in [-0.25, -0.2) is 0 Å². The summed E-state index contributed by atoms with van der Waals surface area (Å²) in [6, 6.07) is 6.32. The Bertz CT molecular complexity index is 524. The van der Waals surface area contributed by atoms with E-state index in [1.54, 1.807) is 24.3 Å². The number of benzene rings is 1. The monoisotopic (exact) mass is 261 g/mol. The number of carbonyl (C=O) groups excluding carboxylic acids is 3. The molecule has 1 aromatic carbocycles. The van der Waals surface area contributed by atoms with Crippen LogP contribution in [0.15, 0.2) is 24.3 Å². The fourth-order valence-electron chi connectivity index (χ4n) is 1.94. The van der Waals surface area contributed by atoms with Crippen LogP contribution in [0.3, 0.4) is 0 Å². The quantitative estimate of drug-likeness (QED) is 0.723. The summed E-state index contributed by atoms with van der Waals surface area (Å²) in [5.41, 5.74) is 6.50. The summed E-state index contributed by atoms with van der Waals surface area (Å²) >= 11 is 0. The van der Waals surface area contributed by atoms with Gasteiger partial charge in [-0.2, -0.15) is 0 Å². The Morgan fingerprint density at radius 2 is 2.00 bits per heavy atom. The average molecular weight is 261 g/mol. The molecule has 0 radical (unpaired) electrons. The molecule has 0 aromatic heterocycles. The van der Waals surface area contributed by atoms with Crippen LogP contribution in [0.5, 0.6) is 0 Å². The largest absolute Gasteiger partial charge is 0.366 e. The third-order valence-corrected chi connectivity index (χ3v) is 3.17. The second-order valence-corrected chi connectivity index (χ2v) is 4.49. The van der Waals surface area contributed by atoms with Crippen molar-refractivity contribution in [3.05, 3.63) is 35.4 Å². The normalized spacial score (nSPS) is 19.0. The van der Waals surface area contributed by atoms with Gasteiger partial charge in [-0.05, 0) is 17.7 Å². The molecule has 1 aromatic rings. The maximum absolute atomic E-state index is 11.7. The fourth-order valence-corrected chi connectivity index (χ4v) is 1.94. The zero-order chi connectivity index (χ0) is 14.0. The Hall–Kier alpha value is -2.21. The van der Waals surface area contributed by atoms with E-state index in [-0.39, 0.29) is 18.2 Å². The molecule has 0 bridgehead atoms. The highest BCUT2D eigenvalue weighted by Crippen LogP contribution is 2.11. The summed E-state index contributed by atoms with van der Waals surface area (Å²) < 4.78 is 0. The van der Waals surface area contributed by atoms with Crippen molar-refractivity contribution in [2.24, 2.45) is 5.73 Å². The van der Waals surface area contributed by atoms with Crippen molar-refractivity contribution in [1.29, 1.82) is 0 Å². The lowest BCUT2D eigenvalue weighted by atomic mass is 10.1. The molecule has 0 saturated carbocycles. The first kappa shape index (κ1) is 13.2. The first-order valence-electron chi connectivity index (χ1n) is 5.91. The molecule has 0 spiro atoms. The number of imide groups is 1. The van der Waals surface area contributed by atoms with Crippen molar-refractivity contribution in [3.63, 3.8) is 0 Å². The van der Waals surface area contributed by atoms with E-state index in [0.717, 1.165) is 10.5 Å². The second kappa shape index (κ2) is 5.19. The van der Waals surface area contributed by atoms with Crippen molar-refractivity contribution < 1.29 is 14.4 Å². The predicted octanol–water partition coefficient (Wildman–Crippen LogP) is -0.368. The Morgan fingerprint density at radius 3 is 2.47 bits per heavy atom. The maximum atomic E-state index is 11.7. The summed E-state index contributed by atoms with van der Waals surface area (Å²) in [6.45, 7) is 0.455. The highest BCUT2D eigenvalue weighted by molar-refractivity contribution is 6.05. The number of primary amides is 1. The van der Waals surface area contributed by atoms with E-state index in [0.29, 0.717) is 12.1 Å². The van der Waals surface area contributed by atoms with Gasteiger partial charge in [-0.1, -0.05) is 12.1 Å². The molecular formula is C13H15N3O3. The molecule has 0 aliphatic carbocycles. The smallest absolute Gasteiger partial charge is 0.248 e. The van der Waals surface area contributed by atoms with Crippen LogP contribution in [-0.2, 0) is 16.1 Å². The Kier molecular flexibility index (Phi) is 3.62. The molecule has 1 aliphatic rings. The van der Waals surface area contributed by atoms with Gasteiger partial charge < -0.3 is 11.1 Å². The topological polar surface area (TPSA) is 92.5 Å². The fraction of sp³-hybridized carbons (Fsp3) is 0.308. The first-order valence-corrected chi connectivity index (χ1v) is 5.91. The van der Waals surface area contributed by atoms with E-state index in [1.165, 1.54) is 7.05 Å².